The number of rotatable bonds is 6. The van der Waals surface area contributed by atoms with Crippen LogP contribution in [0.2, 0.25) is 5.02 Å². The molecular weight excluding hydrogens is 334 g/mol. The van der Waals surface area contributed by atoms with Gasteiger partial charge in [0.1, 0.15) is 5.75 Å². The molecule has 0 saturated carbocycles. The van der Waals surface area contributed by atoms with E-state index in [2.05, 4.69) is 0 Å². The molecule has 2 aromatic carbocycles. The van der Waals surface area contributed by atoms with Crippen LogP contribution < -0.4 is 9.04 Å². The molecule has 0 aromatic heterocycles. The lowest BCUT2D eigenvalue weighted by Crippen LogP contribution is -2.31. The van der Waals surface area contributed by atoms with Crippen molar-refractivity contribution in [3.8, 4) is 5.75 Å². The first-order valence-corrected chi connectivity index (χ1v) is 9.21. The average molecular weight is 354 g/mol. The molecule has 124 valence electrons. The highest BCUT2D eigenvalue weighted by Gasteiger charge is 2.25. The first-order valence-electron chi connectivity index (χ1n) is 7.39. The van der Waals surface area contributed by atoms with Gasteiger partial charge in [0.2, 0.25) is 0 Å². The SMILES string of the molecule is CCc1ccccc1N(CC)S(=O)(=O)c1ccc(OC)c(Cl)c1. The number of halogens is 1. The van der Waals surface area contributed by atoms with E-state index in [4.69, 9.17) is 16.3 Å². The van der Waals surface area contributed by atoms with Crippen LogP contribution >= 0.6 is 11.6 Å². The molecule has 4 nitrogen and oxygen atoms in total. The Hall–Kier alpha value is -1.72. The molecular formula is C17H20ClNO3S. The molecule has 0 saturated heterocycles. The standard InChI is InChI=1S/C17H20ClNO3S/c1-4-13-8-6-7-9-16(13)19(5-2)23(20,21)14-10-11-17(22-3)15(18)12-14/h6-12H,4-5H2,1-3H3. The number of hydrogen-bond donors (Lipinski definition) is 0. The van der Waals surface area contributed by atoms with Gasteiger partial charge >= 0.3 is 0 Å². The van der Waals surface area contributed by atoms with Crippen molar-refractivity contribution in [2.24, 2.45) is 0 Å². The third kappa shape index (κ3) is 3.46. The summed E-state index contributed by atoms with van der Waals surface area (Å²) in [6.07, 6.45) is 0.756. The van der Waals surface area contributed by atoms with Gasteiger partial charge in [-0.25, -0.2) is 8.42 Å². The van der Waals surface area contributed by atoms with Gasteiger partial charge in [0, 0.05) is 6.54 Å². The smallest absolute Gasteiger partial charge is 0.264 e. The zero-order valence-electron chi connectivity index (χ0n) is 13.4. The second-order valence-corrected chi connectivity index (χ2v) is 7.22. The number of hydrogen-bond acceptors (Lipinski definition) is 3. The van der Waals surface area contributed by atoms with E-state index in [0.29, 0.717) is 18.0 Å². The number of methoxy groups -OCH3 is 1. The predicted molar refractivity (Wildman–Crippen MR) is 94.0 cm³/mol. The van der Waals surface area contributed by atoms with Crippen LogP contribution in [0.15, 0.2) is 47.4 Å². The van der Waals surface area contributed by atoms with E-state index in [-0.39, 0.29) is 9.92 Å². The minimum Gasteiger partial charge on any atom is -0.495 e. The van der Waals surface area contributed by atoms with Gasteiger partial charge in [-0.2, -0.15) is 0 Å². The Labute approximate surface area is 142 Å². The molecule has 0 fully saturated rings. The molecule has 0 bridgehead atoms. The second kappa shape index (κ2) is 7.23. The van der Waals surface area contributed by atoms with Crippen molar-refractivity contribution in [3.63, 3.8) is 0 Å². The lowest BCUT2D eigenvalue weighted by atomic mass is 10.1. The highest BCUT2D eigenvalue weighted by atomic mass is 35.5. The average Bonchev–Trinajstić information content (AvgIpc) is 2.55. The molecule has 0 heterocycles. The molecule has 0 amide bonds. The Morgan fingerprint density at radius 1 is 1.13 bits per heavy atom. The Balaban J connectivity index is 2.53. The van der Waals surface area contributed by atoms with E-state index in [1.165, 1.54) is 23.5 Å². The van der Waals surface area contributed by atoms with Crippen molar-refractivity contribution in [1.82, 2.24) is 0 Å². The van der Waals surface area contributed by atoms with E-state index in [0.717, 1.165) is 12.0 Å². The molecule has 2 rings (SSSR count). The first kappa shape index (κ1) is 17.6. The zero-order valence-corrected chi connectivity index (χ0v) is 15.0. The summed E-state index contributed by atoms with van der Waals surface area (Å²) in [5, 5.41) is 0.272. The van der Waals surface area contributed by atoms with Crippen molar-refractivity contribution in [1.29, 1.82) is 0 Å². The summed E-state index contributed by atoms with van der Waals surface area (Å²) in [6.45, 7) is 4.15. The lowest BCUT2D eigenvalue weighted by Gasteiger charge is -2.25. The van der Waals surface area contributed by atoms with Gasteiger partial charge in [0.15, 0.2) is 0 Å². The van der Waals surface area contributed by atoms with Crippen molar-refractivity contribution >= 4 is 27.3 Å². The van der Waals surface area contributed by atoms with Crippen molar-refractivity contribution in [3.05, 3.63) is 53.1 Å². The molecule has 0 aliphatic carbocycles. The number of anilines is 1. The van der Waals surface area contributed by atoms with Crippen LogP contribution in [-0.2, 0) is 16.4 Å². The third-order valence-corrected chi connectivity index (χ3v) is 5.82. The summed E-state index contributed by atoms with van der Waals surface area (Å²) in [4.78, 5) is 0.149. The molecule has 0 N–H and O–H groups in total. The molecule has 0 unspecified atom stereocenters. The molecule has 2 aromatic rings. The Morgan fingerprint density at radius 3 is 2.39 bits per heavy atom. The summed E-state index contributed by atoms with van der Waals surface area (Å²) < 4.78 is 32.5. The van der Waals surface area contributed by atoms with Crippen LogP contribution in [0.5, 0.6) is 5.75 Å². The largest absolute Gasteiger partial charge is 0.495 e. The van der Waals surface area contributed by atoms with E-state index in [1.807, 2.05) is 38.1 Å². The fourth-order valence-corrected chi connectivity index (χ4v) is 4.32. The van der Waals surface area contributed by atoms with Gasteiger partial charge in [0.25, 0.3) is 10.0 Å². The van der Waals surface area contributed by atoms with Crippen molar-refractivity contribution in [2.75, 3.05) is 18.0 Å². The molecule has 0 aliphatic heterocycles. The topological polar surface area (TPSA) is 46.6 Å². The quantitative estimate of drug-likeness (QED) is 0.784. The molecule has 23 heavy (non-hydrogen) atoms. The highest BCUT2D eigenvalue weighted by Crippen LogP contribution is 2.31. The van der Waals surface area contributed by atoms with E-state index in [1.54, 1.807) is 6.07 Å². The highest BCUT2D eigenvalue weighted by molar-refractivity contribution is 7.92. The van der Waals surface area contributed by atoms with Gasteiger partial charge in [-0.15, -0.1) is 0 Å². The zero-order chi connectivity index (χ0) is 17.0. The third-order valence-electron chi connectivity index (χ3n) is 3.64. The van der Waals surface area contributed by atoms with E-state index >= 15 is 0 Å². The van der Waals surface area contributed by atoms with Crippen LogP contribution in [0.25, 0.3) is 0 Å². The van der Waals surface area contributed by atoms with Gasteiger partial charge < -0.3 is 4.74 Å². The monoisotopic (exact) mass is 353 g/mol. The van der Waals surface area contributed by atoms with Gasteiger partial charge in [0.05, 0.1) is 22.7 Å². The molecule has 0 atom stereocenters. The number of para-hydroxylation sites is 1. The number of sulfonamides is 1. The maximum atomic E-state index is 13.0. The first-order chi connectivity index (χ1) is 11.0. The molecule has 0 radical (unpaired) electrons. The minimum atomic E-state index is -3.69. The van der Waals surface area contributed by atoms with E-state index < -0.39 is 10.0 Å². The van der Waals surface area contributed by atoms with Crippen molar-refractivity contribution < 1.29 is 13.2 Å². The van der Waals surface area contributed by atoms with Crippen LogP contribution in [-0.4, -0.2) is 22.1 Å². The summed E-state index contributed by atoms with van der Waals surface area (Å²) in [5.74, 6) is 0.447. The molecule has 6 heteroatoms. The Kier molecular flexibility index (Phi) is 5.55. The maximum Gasteiger partial charge on any atom is 0.264 e. The fourth-order valence-electron chi connectivity index (χ4n) is 2.46. The number of aryl methyl sites for hydroxylation is 1. The molecule has 0 aliphatic rings. The normalized spacial score (nSPS) is 11.3. The van der Waals surface area contributed by atoms with Crippen LogP contribution in [0, 0.1) is 0 Å². The summed E-state index contributed by atoms with van der Waals surface area (Å²) >= 11 is 6.08. The van der Waals surface area contributed by atoms with Gasteiger partial charge in [-0.05, 0) is 43.2 Å². The Morgan fingerprint density at radius 2 is 1.83 bits per heavy atom. The summed E-state index contributed by atoms with van der Waals surface area (Å²) in [6, 6.07) is 12.0. The Bertz CT molecular complexity index is 790. The van der Waals surface area contributed by atoms with Crippen molar-refractivity contribution in [2.45, 2.75) is 25.2 Å². The number of ether oxygens (including phenoxy) is 1. The van der Waals surface area contributed by atoms with Crippen LogP contribution in [0.1, 0.15) is 19.4 Å². The molecule has 0 spiro atoms. The summed E-state index contributed by atoms with van der Waals surface area (Å²) in [5.41, 5.74) is 1.68. The fraction of sp³-hybridized carbons (Fsp3) is 0.294. The number of nitrogens with zero attached hydrogens (tertiary/aromatic N) is 1. The van der Waals surface area contributed by atoms with Gasteiger partial charge in [-0.1, -0.05) is 36.7 Å². The van der Waals surface area contributed by atoms with E-state index in [9.17, 15) is 8.42 Å². The van der Waals surface area contributed by atoms with Gasteiger partial charge in [-0.3, -0.25) is 4.31 Å². The summed E-state index contributed by atoms with van der Waals surface area (Å²) in [7, 11) is -2.20. The number of benzene rings is 2. The van der Waals surface area contributed by atoms with Crippen LogP contribution in [0.4, 0.5) is 5.69 Å². The predicted octanol–water partition coefficient (Wildman–Crippen LogP) is 4.13. The minimum absolute atomic E-state index is 0.149. The lowest BCUT2D eigenvalue weighted by molar-refractivity contribution is 0.414. The maximum absolute atomic E-state index is 13.0. The van der Waals surface area contributed by atoms with Crippen LogP contribution in [0.3, 0.4) is 0 Å². The second-order valence-electron chi connectivity index (χ2n) is 4.95.